The van der Waals surface area contributed by atoms with Crippen LogP contribution in [0.4, 0.5) is 0 Å². The van der Waals surface area contributed by atoms with Crippen LogP contribution in [0.3, 0.4) is 0 Å². The number of Topliss-reactive ketones (excluding diaryl/α,β-unsaturated/α-hetero) is 1. The average molecular weight is 363 g/mol. The molecule has 0 heterocycles. The van der Waals surface area contributed by atoms with Crippen molar-refractivity contribution in [2.24, 2.45) is 34.5 Å². The van der Waals surface area contributed by atoms with Crippen molar-refractivity contribution >= 4 is 11.8 Å². The molecule has 3 unspecified atom stereocenters. The molecule has 4 aliphatic rings. The SMILES string of the molecule is COC1C(OC(C)=O)CC[C@@]2(C)C1CC[C@@H]1[C@H]2CC[C@]2(C)CC(=O)C[C@@H]12. The Morgan fingerprint density at radius 2 is 1.81 bits per heavy atom. The van der Waals surface area contributed by atoms with Crippen LogP contribution < -0.4 is 0 Å². The zero-order valence-corrected chi connectivity index (χ0v) is 16.8. The van der Waals surface area contributed by atoms with Crippen molar-refractivity contribution in [2.75, 3.05) is 7.11 Å². The maximum atomic E-state index is 12.2. The van der Waals surface area contributed by atoms with Crippen LogP contribution in [0.2, 0.25) is 0 Å². The van der Waals surface area contributed by atoms with Crippen LogP contribution in [0.15, 0.2) is 0 Å². The van der Waals surface area contributed by atoms with E-state index in [1.165, 1.54) is 26.2 Å². The standard InChI is InChI=1S/C22H34O4/c1-13(23)26-19-8-10-22(3)16-7-9-21(2)12-14(24)11-18(21)15(16)5-6-17(22)20(19)25-4/h15-20H,5-12H2,1-4H3/t15-,16-,17?,18+,19?,20?,21-,22-/m1/s1. The average Bonchev–Trinajstić information content (AvgIpc) is 2.88. The van der Waals surface area contributed by atoms with Crippen LogP contribution in [0, 0.1) is 34.5 Å². The lowest BCUT2D eigenvalue weighted by molar-refractivity contribution is -0.195. The Labute approximate surface area is 157 Å². The van der Waals surface area contributed by atoms with Crippen LogP contribution in [-0.2, 0) is 19.1 Å². The highest BCUT2D eigenvalue weighted by atomic mass is 16.6. The normalized spacial score (nSPS) is 50.5. The largest absolute Gasteiger partial charge is 0.460 e. The van der Waals surface area contributed by atoms with Gasteiger partial charge in [0.25, 0.3) is 0 Å². The van der Waals surface area contributed by atoms with Gasteiger partial charge in [-0.05, 0) is 73.0 Å². The molecule has 4 heteroatoms. The summed E-state index contributed by atoms with van der Waals surface area (Å²) in [5.74, 6) is 2.68. The maximum Gasteiger partial charge on any atom is 0.302 e. The van der Waals surface area contributed by atoms with Gasteiger partial charge in [0.05, 0.1) is 6.10 Å². The minimum absolute atomic E-state index is 0.0112. The summed E-state index contributed by atoms with van der Waals surface area (Å²) in [6.45, 7) is 6.32. The molecule has 0 aromatic carbocycles. The van der Waals surface area contributed by atoms with E-state index >= 15 is 0 Å². The van der Waals surface area contributed by atoms with Gasteiger partial charge in [-0.2, -0.15) is 0 Å². The summed E-state index contributed by atoms with van der Waals surface area (Å²) in [6, 6.07) is 0. The van der Waals surface area contributed by atoms with E-state index < -0.39 is 0 Å². The van der Waals surface area contributed by atoms with Gasteiger partial charge in [-0.3, -0.25) is 9.59 Å². The third kappa shape index (κ3) is 2.66. The summed E-state index contributed by atoms with van der Waals surface area (Å²) in [5.41, 5.74) is 0.490. The molecule has 4 rings (SSSR count). The molecule has 0 spiro atoms. The Bertz CT molecular complexity index is 601. The minimum atomic E-state index is -0.202. The number of methoxy groups -OCH3 is 1. The van der Waals surface area contributed by atoms with Gasteiger partial charge in [0.1, 0.15) is 11.9 Å². The Kier molecular flexibility index (Phi) is 4.49. The quantitative estimate of drug-likeness (QED) is 0.692. The number of ketones is 1. The first-order chi connectivity index (χ1) is 12.3. The molecule has 0 radical (unpaired) electrons. The first kappa shape index (κ1) is 18.5. The van der Waals surface area contributed by atoms with Gasteiger partial charge < -0.3 is 9.47 Å². The van der Waals surface area contributed by atoms with E-state index in [9.17, 15) is 9.59 Å². The fourth-order valence-corrected chi connectivity index (χ4v) is 7.71. The maximum absolute atomic E-state index is 12.2. The van der Waals surface area contributed by atoms with E-state index in [-0.39, 0.29) is 29.0 Å². The first-order valence-electron chi connectivity index (χ1n) is 10.5. The van der Waals surface area contributed by atoms with Crippen LogP contribution in [-0.4, -0.2) is 31.1 Å². The van der Waals surface area contributed by atoms with E-state index in [2.05, 4.69) is 13.8 Å². The molecule has 4 saturated carbocycles. The van der Waals surface area contributed by atoms with Crippen molar-refractivity contribution in [1.82, 2.24) is 0 Å². The van der Waals surface area contributed by atoms with Gasteiger partial charge in [-0.1, -0.05) is 13.8 Å². The highest BCUT2D eigenvalue weighted by molar-refractivity contribution is 5.82. The van der Waals surface area contributed by atoms with Crippen molar-refractivity contribution in [2.45, 2.75) is 84.3 Å². The summed E-state index contributed by atoms with van der Waals surface area (Å²) in [4.78, 5) is 23.8. The van der Waals surface area contributed by atoms with Crippen LogP contribution in [0.1, 0.15) is 72.1 Å². The Morgan fingerprint density at radius 1 is 1.04 bits per heavy atom. The Morgan fingerprint density at radius 3 is 2.50 bits per heavy atom. The summed E-state index contributed by atoms with van der Waals surface area (Å²) >= 11 is 0. The van der Waals surface area contributed by atoms with Crippen molar-refractivity contribution in [3.63, 3.8) is 0 Å². The van der Waals surface area contributed by atoms with Crippen molar-refractivity contribution in [1.29, 1.82) is 0 Å². The lowest BCUT2D eigenvalue weighted by Gasteiger charge is -2.61. The molecular weight excluding hydrogens is 328 g/mol. The zero-order chi connectivity index (χ0) is 18.7. The van der Waals surface area contributed by atoms with Gasteiger partial charge in [0, 0.05) is 26.9 Å². The molecule has 4 aliphatic carbocycles. The van der Waals surface area contributed by atoms with Gasteiger partial charge in [-0.15, -0.1) is 0 Å². The predicted molar refractivity (Wildman–Crippen MR) is 98.5 cm³/mol. The number of ether oxygens (including phenoxy) is 2. The smallest absolute Gasteiger partial charge is 0.302 e. The molecule has 146 valence electrons. The number of fused-ring (bicyclic) bond motifs is 5. The fourth-order valence-electron chi connectivity index (χ4n) is 7.71. The first-order valence-corrected chi connectivity index (χ1v) is 10.5. The molecule has 0 aliphatic heterocycles. The molecule has 0 amide bonds. The summed E-state index contributed by atoms with van der Waals surface area (Å²) in [6.07, 6.45) is 8.29. The van der Waals surface area contributed by atoms with Crippen molar-refractivity contribution in [3.8, 4) is 0 Å². The Hall–Kier alpha value is -0.900. The third-order valence-corrected chi connectivity index (χ3v) is 8.83. The molecule has 4 nitrogen and oxygen atoms in total. The molecular formula is C22H34O4. The topological polar surface area (TPSA) is 52.6 Å². The van der Waals surface area contributed by atoms with Gasteiger partial charge in [0.15, 0.2) is 0 Å². The lowest BCUT2D eigenvalue weighted by atomic mass is 9.45. The van der Waals surface area contributed by atoms with E-state index in [0.29, 0.717) is 29.5 Å². The van der Waals surface area contributed by atoms with E-state index in [4.69, 9.17) is 9.47 Å². The number of hydrogen-bond donors (Lipinski definition) is 0. The van der Waals surface area contributed by atoms with Crippen LogP contribution in [0.25, 0.3) is 0 Å². The van der Waals surface area contributed by atoms with E-state index in [1.54, 1.807) is 7.11 Å². The van der Waals surface area contributed by atoms with Gasteiger partial charge in [0.2, 0.25) is 0 Å². The monoisotopic (exact) mass is 362 g/mol. The van der Waals surface area contributed by atoms with E-state index in [1.807, 2.05) is 0 Å². The minimum Gasteiger partial charge on any atom is -0.460 e. The molecule has 0 saturated heterocycles. The molecule has 4 fully saturated rings. The highest BCUT2D eigenvalue weighted by Gasteiger charge is 2.61. The third-order valence-electron chi connectivity index (χ3n) is 8.83. The second kappa shape index (κ2) is 6.32. The number of hydrogen-bond acceptors (Lipinski definition) is 4. The molecule has 0 N–H and O–H groups in total. The summed E-state index contributed by atoms with van der Waals surface area (Å²) < 4.78 is 11.5. The Balaban J connectivity index is 1.60. The number of rotatable bonds is 2. The molecule has 0 bridgehead atoms. The molecule has 0 aromatic rings. The van der Waals surface area contributed by atoms with Gasteiger partial charge >= 0.3 is 5.97 Å². The number of carbonyl (C=O) groups is 2. The second-order valence-electron chi connectivity index (χ2n) is 10.1. The molecule has 0 aromatic heterocycles. The van der Waals surface area contributed by atoms with E-state index in [0.717, 1.165) is 32.1 Å². The molecule has 8 atom stereocenters. The van der Waals surface area contributed by atoms with Crippen LogP contribution >= 0.6 is 0 Å². The lowest BCUT2D eigenvalue weighted by Crippen LogP contribution is -2.58. The summed E-state index contributed by atoms with van der Waals surface area (Å²) in [5, 5.41) is 0. The van der Waals surface area contributed by atoms with Gasteiger partial charge in [-0.25, -0.2) is 0 Å². The highest BCUT2D eigenvalue weighted by Crippen LogP contribution is 2.66. The second-order valence-corrected chi connectivity index (χ2v) is 10.1. The molecule has 26 heavy (non-hydrogen) atoms. The zero-order valence-electron chi connectivity index (χ0n) is 16.8. The van der Waals surface area contributed by atoms with Crippen molar-refractivity contribution < 1.29 is 19.1 Å². The summed E-state index contributed by atoms with van der Waals surface area (Å²) in [7, 11) is 1.77. The number of esters is 1. The number of carbonyl (C=O) groups excluding carboxylic acids is 2. The van der Waals surface area contributed by atoms with Crippen LogP contribution in [0.5, 0.6) is 0 Å². The predicted octanol–water partition coefficient (Wildman–Crippen LogP) is 4.15. The fraction of sp³-hybridized carbons (Fsp3) is 0.909. The van der Waals surface area contributed by atoms with Crippen molar-refractivity contribution in [3.05, 3.63) is 0 Å².